The van der Waals surface area contributed by atoms with E-state index in [1.807, 2.05) is 0 Å². The van der Waals surface area contributed by atoms with Crippen LogP contribution in [0.15, 0.2) is 24.3 Å². The molecule has 1 saturated heterocycles. The Morgan fingerprint density at radius 3 is 2.73 bits per heavy atom. The summed E-state index contributed by atoms with van der Waals surface area (Å²) in [5.74, 6) is -0.856. The highest BCUT2D eigenvalue weighted by Gasteiger charge is 2.28. The molecule has 0 saturated carbocycles. The zero-order chi connectivity index (χ0) is 10.7. The Bertz CT molecular complexity index is 327. The molecular formula is C11H13NO3. The molecule has 0 radical (unpaired) electrons. The van der Waals surface area contributed by atoms with Crippen LogP contribution < -0.4 is 0 Å². The lowest BCUT2D eigenvalue weighted by Crippen LogP contribution is -2.45. The Kier molecular flexibility index (Phi) is 2.97. The molecule has 1 amide bonds. The number of morpholine rings is 1. The molecule has 0 aromatic carbocycles. The van der Waals surface area contributed by atoms with Crippen molar-refractivity contribution >= 4 is 11.7 Å². The summed E-state index contributed by atoms with van der Waals surface area (Å²) in [6.07, 6.45) is 6.50. The summed E-state index contributed by atoms with van der Waals surface area (Å²) in [6.45, 7) is 2.29. The van der Waals surface area contributed by atoms with Crippen molar-refractivity contribution < 1.29 is 14.3 Å². The Morgan fingerprint density at radius 1 is 1.33 bits per heavy atom. The van der Waals surface area contributed by atoms with E-state index < -0.39 is 5.92 Å². The third-order valence-corrected chi connectivity index (χ3v) is 2.57. The molecular weight excluding hydrogens is 194 g/mol. The molecule has 1 aliphatic heterocycles. The van der Waals surface area contributed by atoms with Crippen LogP contribution in [-0.2, 0) is 14.3 Å². The van der Waals surface area contributed by atoms with Gasteiger partial charge < -0.3 is 9.64 Å². The summed E-state index contributed by atoms with van der Waals surface area (Å²) in [6, 6.07) is 0. The lowest BCUT2D eigenvalue weighted by molar-refractivity contribution is -0.141. The van der Waals surface area contributed by atoms with Gasteiger partial charge in [0.05, 0.1) is 13.2 Å². The van der Waals surface area contributed by atoms with Gasteiger partial charge in [0.25, 0.3) is 0 Å². The lowest BCUT2D eigenvalue weighted by Gasteiger charge is -2.29. The summed E-state index contributed by atoms with van der Waals surface area (Å²) < 4.78 is 5.15. The number of rotatable bonds is 1. The first-order valence-electron chi connectivity index (χ1n) is 5.04. The van der Waals surface area contributed by atoms with E-state index >= 15 is 0 Å². The standard InChI is InChI=1S/C11H13NO3/c13-10-4-2-1-3-9(10)11(14)12-5-7-15-8-6-12/h1-4,9H,5-8H2. The van der Waals surface area contributed by atoms with E-state index in [2.05, 4.69) is 0 Å². The van der Waals surface area contributed by atoms with Crippen LogP contribution in [0.5, 0.6) is 0 Å². The summed E-state index contributed by atoms with van der Waals surface area (Å²) in [5, 5.41) is 0. The molecule has 1 fully saturated rings. The van der Waals surface area contributed by atoms with Gasteiger partial charge in [0, 0.05) is 13.1 Å². The van der Waals surface area contributed by atoms with Crippen LogP contribution in [0.25, 0.3) is 0 Å². The summed E-state index contributed by atoms with van der Waals surface area (Å²) in [4.78, 5) is 25.1. The van der Waals surface area contributed by atoms with Crippen molar-refractivity contribution in [2.24, 2.45) is 5.92 Å². The van der Waals surface area contributed by atoms with E-state index in [0.29, 0.717) is 26.3 Å². The fourth-order valence-corrected chi connectivity index (χ4v) is 1.71. The highest BCUT2D eigenvalue weighted by Crippen LogP contribution is 2.12. The topological polar surface area (TPSA) is 46.6 Å². The summed E-state index contributed by atoms with van der Waals surface area (Å²) in [5.41, 5.74) is 0. The second-order valence-electron chi connectivity index (χ2n) is 3.56. The van der Waals surface area contributed by atoms with Crippen LogP contribution in [0.4, 0.5) is 0 Å². The monoisotopic (exact) mass is 207 g/mol. The number of hydrogen-bond donors (Lipinski definition) is 0. The van der Waals surface area contributed by atoms with E-state index in [0.717, 1.165) is 0 Å². The first-order chi connectivity index (χ1) is 7.29. The fraction of sp³-hybridized carbons (Fsp3) is 0.455. The molecule has 4 nitrogen and oxygen atoms in total. The lowest BCUT2D eigenvalue weighted by atomic mass is 9.98. The van der Waals surface area contributed by atoms with Gasteiger partial charge in [-0.1, -0.05) is 18.2 Å². The maximum absolute atomic E-state index is 11.9. The van der Waals surface area contributed by atoms with E-state index in [1.54, 1.807) is 23.1 Å². The van der Waals surface area contributed by atoms with Crippen LogP contribution in [-0.4, -0.2) is 42.9 Å². The zero-order valence-electron chi connectivity index (χ0n) is 8.39. The van der Waals surface area contributed by atoms with Crippen LogP contribution in [0, 0.1) is 5.92 Å². The number of carbonyl (C=O) groups is 2. The zero-order valence-corrected chi connectivity index (χ0v) is 8.39. The van der Waals surface area contributed by atoms with E-state index in [-0.39, 0.29) is 11.7 Å². The fourth-order valence-electron chi connectivity index (χ4n) is 1.71. The number of ketones is 1. The summed E-state index contributed by atoms with van der Waals surface area (Å²) in [7, 11) is 0. The average molecular weight is 207 g/mol. The molecule has 1 heterocycles. The van der Waals surface area contributed by atoms with E-state index in [1.165, 1.54) is 6.08 Å². The van der Waals surface area contributed by atoms with Gasteiger partial charge in [-0.3, -0.25) is 9.59 Å². The van der Waals surface area contributed by atoms with E-state index in [4.69, 9.17) is 4.74 Å². The molecule has 0 aromatic heterocycles. The first-order valence-corrected chi connectivity index (χ1v) is 5.04. The van der Waals surface area contributed by atoms with Crippen molar-refractivity contribution in [3.05, 3.63) is 24.3 Å². The molecule has 2 rings (SSSR count). The number of hydrogen-bond acceptors (Lipinski definition) is 3. The molecule has 2 aliphatic rings. The summed E-state index contributed by atoms with van der Waals surface area (Å²) >= 11 is 0. The molecule has 0 N–H and O–H groups in total. The van der Waals surface area contributed by atoms with Crippen molar-refractivity contribution in [3.8, 4) is 0 Å². The highest BCUT2D eigenvalue weighted by atomic mass is 16.5. The van der Waals surface area contributed by atoms with Crippen molar-refractivity contribution in [2.75, 3.05) is 26.3 Å². The first kappa shape index (κ1) is 10.1. The van der Waals surface area contributed by atoms with Gasteiger partial charge in [0.2, 0.25) is 5.91 Å². The molecule has 1 unspecified atom stereocenters. The molecule has 80 valence electrons. The number of ether oxygens (including phenoxy) is 1. The second-order valence-corrected chi connectivity index (χ2v) is 3.56. The minimum absolute atomic E-state index is 0.107. The second kappa shape index (κ2) is 4.40. The Balaban J connectivity index is 2.03. The maximum Gasteiger partial charge on any atom is 0.237 e. The van der Waals surface area contributed by atoms with Gasteiger partial charge in [-0.2, -0.15) is 0 Å². The van der Waals surface area contributed by atoms with Gasteiger partial charge >= 0.3 is 0 Å². The van der Waals surface area contributed by atoms with Crippen molar-refractivity contribution in [2.45, 2.75) is 0 Å². The molecule has 15 heavy (non-hydrogen) atoms. The molecule has 0 bridgehead atoms. The quantitative estimate of drug-likeness (QED) is 0.575. The largest absolute Gasteiger partial charge is 0.378 e. The predicted octanol–water partition coefficient (Wildman–Crippen LogP) is 0.156. The van der Waals surface area contributed by atoms with Crippen LogP contribution in [0.2, 0.25) is 0 Å². The van der Waals surface area contributed by atoms with E-state index in [9.17, 15) is 9.59 Å². The van der Waals surface area contributed by atoms with Gasteiger partial charge in [0.1, 0.15) is 5.92 Å². The Labute approximate surface area is 88.2 Å². The minimum atomic E-state index is -0.618. The molecule has 1 aliphatic carbocycles. The Morgan fingerprint density at radius 2 is 2.07 bits per heavy atom. The van der Waals surface area contributed by atoms with Gasteiger partial charge in [-0.25, -0.2) is 0 Å². The normalized spacial score (nSPS) is 25.7. The number of nitrogens with zero attached hydrogens (tertiary/aromatic N) is 1. The van der Waals surface area contributed by atoms with Gasteiger partial charge in [-0.05, 0) is 6.08 Å². The van der Waals surface area contributed by atoms with Crippen LogP contribution in [0.3, 0.4) is 0 Å². The molecule has 1 atom stereocenters. The van der Waals surface area contributed by atoms with Crippen LogP contribution in [0.1, 0.15) is 0 Å². The van der Waals surface area contributed by atoms with Crippen molar-refractivity contribution in [1.82, 2.24) is 4.90 Å². The number of amides is 1. The van der Waals surface area contributed by atoms with Crippen molar-refractivity contribution in [3.63, 3.8) is 0 Å². The van der Waals surface area contributed by atoms with Gasteiger partial charge in [-0.15, -0.1) is 0 Å². The highest BCUT2D eigenvalue weighted by molar-refractivity contribution is 6.09. The average Bonchev–Trinajstić information content (AvgIpc) is 2.30. The smallest absolute Gasteiger partial charge is 0.237 e. The minimum Gasteiger partial charge on any atom is -0.378 e. The predicted molar refractivity (Wildman–Crippen MR) is 54.2 cm³/mol. The third kappa shape index (κ3) is 2.15. The maximum atomic E-state index is 11.9. The Hall–Kier alpha value is -1.42. The number of carbonyl (C=O) groups excluding carboxylic acids is 2. The molecule has 0 spiro atoms. The SMILES string of the molecule is O=C1C=CC=CC1C(=O)N1CCOCC1. The molecule has 0 aromatic rings. The number of allylic oxidation sites excluding steroid dienone is 3. The third-order valence-electron chi connectivity index (χ3n) is 2.57. The van der Waals surface area contributed by atoms with Crippen LogP contribution >= 0.6 is 0 Å². The van der Waals surface area contributed by atoms with Gasteiger partial charge in [0.15, 0.2) is 5.78 Å². The van der Waals surface area contributed by atoms with Crippen molar-refractivity contribution in [1.29, 1.82) is 0 Å². The molecule has 4 heteroatoms.